The molecule has 1 atom stereocenters. The molecular weight excluding hydrogens is 200 g/mol. The summed E-state index contributed by atoms with van der Waals surface area (Å²) in [5.74, 6) is -0.515. The van der Waals surface area contributed by atoms with E-state index in [1.54, 1.807) is 19.1 Å². The van der Waals surface area contributed by atoms with E-state index in [1.807, 2.05) is 0 Å². The normalized spacial score (nSPS) is 15.1. The van der Waals surface area contributed by atoms with Gasteiger partial charge < -0.3 is 19.7 Å². The van der Waals surface area contributed by atoms with Crippen LogP contribution in [0.1, 0.15) is 17.2 Å². The quantitative estimate of drug-likeness (QED) is 0.756. The van der Waals surface area contributed by atoms with E-state index in [-0.39, 0.29) is 12.4 Å². The maximum Gasteiger partial charge on any atom is 0.337 e. The number of rotatable bonds is 2. The number of carboxylic acids is 1. The number of hydrogen-bond donors (Lipinski definition) is 2. The zero-order chi connectivity index (χ0) is 11.0. The van der Waals surface area contributed by atoms with Crippen molar-refractivity contribution < 1.29 is 24.5 Å². The lowest BCUT2D eigenvalue weighted by Crippen LogP contribution is -2.11. The van der Waals surface area contributed by atoms with Crippen molar-refractivity contribution in [2.45, 2.75) is 13.0 Å². The van der Waals surface area contributed by atoms with E-state index < -0.39 is 12.1 Å². The van der Waals surface area contributed by atoms with Crippen molar-refractivity contribution in [3.05, 3.63) is 23.3 Å². The lowest BCUT2D eigenvalue weighted by atomic mass is 10.0. The predicted molar refractivity (Wildman–Crippen MR) is 49.9 cm³/mol. The molecule has 1 unspecified atom stereocenters. The number of fused-ring (bicyclic) bond motifs is 1. The summed E-state index contributed by atoms with van der Waals surface area (Å²) in [6.45, 7) is 1.85. The molecule has 0 amide bonds. The highest BCUT2D eigenvalue weighted by Crippen LogP contribution is 2.39. The molecule has 0 aromatic heterocycles. The number of hydrogen-bond acceptors (Lipinski definition) is 4. The number of aliphatic carboxylic acids is 1. The molecule has 0 radical (unpaired) electrons. The van der Waals surface area contributed by atoms with Crippen LogP contribution >= 0.6 is 0 Å². The number of carbonyl (C=O) groups is 1. The number of aliphatic hydroxyl groups is 1. The number of carboxylic acid groups (broad SMARTS) is 1. The number of ether oxygens (including phenoxy) is 2. The minimum absolute atomic E-state index is 0.0537. The Bertz CT molecular complexity index is 413. The molecule has 5 heteroatoms. The Kier molecular flexibility index (Phi) is 2.24. The topological polar surface area (TPSA) is 76.0 Å². The van der Waals surface area contributed by atoms with E-state index in [1.165, 1.54) is 0 Å². The highest BCUT2D eigenvalue weighted by Gasteiger charge is 2.26. The molecule has 1 heterocycles. The van der Waals surface area contributed by atoms with Crippen molar-refractivity contribution in [2.75, 3.05) is 6.79 Å². The minimum atomic E-state index is -1.58. The molecule has 2 rings (SSSR count). The second kappa shape index (κ2) is 3.43. The zero-order valence-corrected chi connectivity index (χ0v) is 8.06. The Morgan fingerprint density at radius 1 is 1.47 bits per heavy atom. The van der Waals surface area contributed by atoms with Gasteiger partial charge in [-0.05, 0) is 24.6 Å². The molecule has 2 N–H and O–H groups in total. The fraction of sp³-hybridized carbons (Fsp3) is 0.300. The van der Waals surface area contributed by atoms with Gasteiger partial charge in [0.1, 0.15) is 0 Å². The predicted octanol–water partition coefficient (Wildman–Crippen LogP) is 0.842. The highest BCUT2D eigenvalue weighted by molar-refractivity contribution is 5.76. The van der Waals surface area contributed by atoms with Crippen LogP contribution in [-0.2, 0) is 4.79 Å². The molecule has 1 aromatic carbocycles. The van der Waals surface area contributed by atoms with Gasteiger partial charge in [0.05, 0.1) is 0 Å². The van der Waals surface area contributed by atoms with Crippen molar-refractivity contribution in [2.24, 2.45) is 0 Å². The summed E-state index contributed by atoms with van der Waals surface area (Å²) >= 11 is 0. The van der Waals surface area contributed by atoms with Gasteiger partial charge in [0, 0.05) is 5.56 Å². The third kappa shape index (κ3) is 1.61. The monoisotopic (exact) mass is 210 g/mol. The van der Waals surface area contributed by atoms with Crippen LogP contribution in [-0.4, -0.2) is 23.0 Å². The number of benzene rings is 1. The van der Waals surface area contributed by atoms with Gasteiger partial charge in [0.2, 0.25) is 6.79 Å². The Balaban J connectivity index is 2.51. The second-order valence-electron chi connectivity index (χ2n) is 3.33. The molecule has 0 saturated carbocycles. The van der Waals surface area contributed by atoms with E-state index >= 15 is 0 Å². The molecule has 0 aliphatic carbocycles. The Morgan fingerprint density at radius 3 is 2.87 bits per heavy atom. The average Bonchev–Trinajstić information content (AvgIpc) is 2.62. The number of aryl methyl sites for hydroxylation is 1. The van der Waals surface area contributed by atoms with Crippen LogP contribution in [0.15, 0.2) is 12.1 Å². The Hall–Kier alpha value is -1.75. The lowest BCUT2D eigenvalue weighted by molar-refractivity contribution is -0.147. The standard InChI is InChI=1S/C10H10O5/c1-5-2-6(8(11)10(12)13)9-7(3-5)14-4-15-9/h2-3,8,11H,4H2,1H3,(H,12,13). The van der Waals surface area contributed by atoms with Gasteiger partial charge in [-0.1, -0.05) is 0 Å². The van der Waals surface area contributed by atoms with Crippen molar-refractivity contribution in [1.29, 1.82) is 0 Å². The van der Waals surface area contributed by atoms with Crippen LogP contribution in [0.5, 0.6) is 11.5 Å². The third-order valence-electron chi connectivity index (χ3n) is 2.17. The smallest absolute Gasteiger partial charge is 0.337 e. The summed E-state index contributed by atoms with van der Waals surface area (Å²) in [6, 6.07) is 3.31. The molecule has 15 heavy (non-hydrogen) atoms. The maximum atomic E-state index is 10.7. The average molecular weight is 210 g/mol. The van der Waals surface area contributed by atoms with E-state index in [4.69, 9.17) is 14.6 Å². The Labute approximate surface area is 85.9 Å². The molecule has 0 saturated heterocycles. The summed E-state index contributed by atoms with van der Waals surface area (Å²) in [5, 5.41) is 18.2. The van der Waals surface area contributed by atoms with Crippen LogP contribution in [0, 0.1) is 6.92 Å². The number of aliphatic hydroxyl groups excluding tert-OH is 1. The van der Waals surface area contributed by atoms with Crippen molar-refractivity contribution >= 4 is 5.97 Å². The SMILES string of the molecule is Cc1cc2c(c(C(O)C(=O)O)c1)OCO2. The van der Waals surface area contributed by atoms with Crippen LogP contribution in [0.4, 0.5) is 0 Å². The van der Waals surface area contributed by atoms with Gasteiger partial charge in [-0.25, -0.2) is 4.79 Å². The maximum absolute atomic E-state index is 10.7. The van der Waals surface area contributed by atoms with Gasteiger partial charge in [0.15, 0.2) is 17.6 Å². The highest BCUT2D eigenvalue weighted by atomic mass is 16.7. The van der Waals surface area contributed by atoms with E-state index in [2.05, 4.69) is 0 Å². The Morgan fingerprint density at radius 2 is 2.20 bits per heavy atom. The summed E-state index contributed by atoms with van der Waals surface area (Å²) in [7, 11) is 0. The first kappa shape index (κ1) is 9.79. The van der Waals surface area contributed by atoms with Gasteiger partial charge in [-0.3, -0.25) is 0 Å². The summed E-state index contributed by atoms with van der Waals surface area (Å²) in [4.78, 5) is 10.7. The van der Waals surface area contributed by atoms with Gasteiger partial charge in [-0.2, -0.15) is 0 Å². The fourth-order valence-corrected chi connectivity index (χ4v) is 1.52. The van der Waals surface area contributed by atoms with E-state index in [0.717, 1.165) is 5.56 Å². The minimum Gasteiger partial charge on any atom is -0.479 e. The van der Waals surface area contributed by atoms with E-state index in [9.17, 15) is 9.90 Å². The first-order valence-electron chi connectivity index (χ1n) is 4.40. The second-order valence-corrected chi connectivity index (χ2v) is 3.33. The van der Waals surface area contributed by atoms with Crippen molar-refractivity contribution in [3.8, 4) is 11.5 Å². The molecule has 1 aliphatic heterocycles. The molecule has 1 aliphatic rings. The first-order valence-corrected chi connectivity index (χ1v) is 4.40. The molecule has 0 bridgehead atoms. The van der Waals surface area contributed by atoms with Crippen LogP contribution in [0.2, 0.25) is 0 Å². The lowest BCUT2D eigenvalue weighted by Gasteiger charge is -2.10. The van der Waals surface area contributed by atoms with Gasteiger partial charge >= 0.3 is 5.97 Å². The molecular formula is C10H10O5. The molecule has 1 aromatic rings. The molecule has 0 fully saturated rings. The van der Waals surface area contributed by atoms with Crippen molar-refractivity contribution in [3.63, 3.8) is 0 Å². The van der Waals surface area contributed by atoms with Crippen molar-refractivity contribution in [1.82, 2.24) is 0 Å². The first-order chi connectivity index (χ1) is 7.09. The molecule has 5 nitrogen and oxygen atoms in total. The molecule has 0 spiro atoms. The van der Waals surface area contributed by atoms with Crippen LogP contribution in [0.3, 0.4) is 0 Å². The van der Waals surface area contributed by atoms with Gasteiger partial charge in [-0.15, -0.1) is 0 Å². The molecule has 80 valence electrons. The van der Waals surface area contributed by atoms with E-state index in [0.29, 0.717) is 11.5 Å². The fourth-order valence-electron chi connectivity index (χ4n) is 1.52. The zero-order valence-electron chi connectivity index (χ0n) is 8.06. The van der Waals surface area contributed by atoms with Gasteiger partial charge in [0.25, 0.3) is 0 Å². The third-order valence-corrected chi connectivity index (χ3v) is 2.17. The summed E-state index contributed by atoms with van der Waals surface area (Å²) < 4.78 is 10.2. The largest absolute Gasteiger partial charge is 0.479 e. The summed E-state index contributed by atoms with van der Waals surface area (Å²) in [5.41, 5.74) is 1.05. The van der Waals surface area contributed by atoms with Crippen LogP contribution < -0.4 is 9.47 Å². The summed E-state index contributed by atoms with van der Waals surface area (Å²) in [6.07, 6.45) is -1.58. The van der Waals surface area contributed by atoms with Crippen LogP contribution in [0.25, 0.3) is 0 Å².